The van der Waals surface area contributed by atoms with Gasteiger partial charge in [-0.1, -0.05) is 29.8 Å². The van der Waals surface area contributed by atoms with Crippen LogP contribution < -0.4 is 21.2 Å². The van der Waals surface area contributed by atoms with Crippen LogP contribution in [0.15, 0.2) is 57.7 Å². The summed E-state index contributed by atoms with van der Waals surface area (Å²) >= 11 is 0. The number of hydrogen-bond donors (Lipinski definition) is 2. The van der Waals surface area contributed by atoms with E-state index in [9.17, 15) is 14.4 Å². The summed E-state index contributed by atoms with van der Waals surface area (Å²) in [5.41, 5.74) is 2.19. The summed E-state index contributed by atoms with van der Waals surface area (Å²) in [7, 11) is 1.68. The molecule has 1 saturated heterocycles. The zero-order chi connectivity index (χ0) is 20.5. The topological polar surface area (TPSA) is 91.6 Å². The van der Waals surface area contributed by atoms with E-state index in [0.29, 0.717) is 16.7 Å². The Balaban J connectivity index is 1.59. The van der Waals surface area contributed by atoms with E-state index in [2.05, 4.69) is 10.6 Å². The van der Waals surface area contributed by atoms with Crippen LogP contribution in [0.5, 0.6) is 0 Å². The normalized spacial score (nSPS) is 16.3. The summed E-state index contributed by atoms with van der Waals surface area (Å²) in [6.45, 7) is 2.24. The summed E-state index contributed by atoms with van der Waals surface area (Å²) in [6, 6.07) is 14.7. The number of carbonyl (C=O) groups is 2. The third-order valence-electron chi connectivity index (χ3n) is 5.15. The van der Waals surface area contributed by atoms with Crippen molar-refractivity contribution in [3.63, 3.8) is 0 Å². The molecule has 1 aromatic heterocycles. The maximum Gasteiger partial charge on any atom is 0.362 e. The van der Waals surface area contributed by atoms with Gasteiger partial charge in [0.1, 0.15) is 5.58 Å². The first kappa shape index (κ1) is 18.7. The van der Waals surface area contributed by atoms with Gasteiger partial charge in [0.05, 0.1) is 11.6 Å². The highest BCUT2D eigenvalue weighted by Crippen LogP contribution is 2.30. The molecule has 0 bridgehead atoms. The Morgan fingerprint density at radius 1 is 1.07 bits per heavy atom. The number of anilines is 3. The Hall–Kier alpha value is -3.61. The molecule has 148 valence electrons. The van der Waals surface area contributed by atoms with E-state index in [4.69, 9.17) is 4.42 Å². The fourth-order valence-electron chi connectivity index (χ4n) is 3.61. The molecule has 1 fully saturated rings. The molecule has 2 heterocycles. The lowest BCUT2D eigenvalue weighted by atomic mass is 10.1. The highest BCUT2D eigenvalue weighted by molar-refractivity contribution is 6.06. The van der Waals surface area contributed by atoms with Crippen molar-refractivity contribution in [1.82, 2.24) is 0 Å². The number of rotatable bonds is 4. The number of fused-ring (bicyclic) bond motifs is 1. The molecule has 0 saturated carbocycles. The molecule has 7 nitrogen and oxygen atoms in total. The third kappa shape index (κ3) is 3.47. The lowest BCUT2D eigenvalue weighted by Gasteiger charge is -2.17. The lowest BCUT2D eigenvalue weighted by molar-refractivity contribution is -0.122. The van der Waals surface area contributed by atoms with Crippen LogP contribution in [0.1, 0.15) is 12.0 Å². The molecule has 2 aromatic carbocycles. The molecule has 3 aromatic rings. The SMILES string of the molecule is CNc1c(NC(=O)[C@H]2CC(=O)N(c3ccc(C)cc3)C2)c(=O)oc2ccccc12. The number of carbonyl (C=O) groups excluding carboxylic acids is 2. The van der Waals surface area contributed by atoms with Gasteiger partial charge < -0.3 is 20.0 Å². The minimum absolute atomic E-state index is 0.0532. The van der Waals surface area contributed by atoms with Crippen molar-refractivity contribution < 1.29 is 14.0 Å². The second-order valence-electron chi connectivity index (χ2n) is 7.12. The third-order valence-corrected chi connectivity index (χ3v) is 5.15. The Kier molecular flexibility index (Phi) is 4.80. The Bertz CT molecular complexity index is 1150. The van der Waals surface area contributed by atoms with Gasteiger partial charge in [0, 0.05) is 31.1 Å². The molecule has 0 spiro atoms. The maximum atomic E-state index is 12.8. The number of nitrogens with one attached hydrogen (secondary N) is 2. The van der Waals surface area contributed by atoms with E-state index in [0.717, 1.165) is 11.3 Å². The van der Waals surface area contributed by atoms with Crippen LogP contribution in [0.2, 0.25) is 0 Å². The summed E-state index contributed by atoms with van der Waals surface area (Å²) in [5, 5.41) is 6.34. The van der Waals surface area contributed by atoms with Crippen molar-refractivity contribution >= 4 is 39.8 Å². The average Bonchev–Trinajstić information content (AvgIpc) is 3.11. The van der Waals surface area contributed by atoms with Gasteiger partial charge in [-0.2, -0.15) is 0 Å². The van der Waals surface area contributed by atoms with Gasteiger partial charge in [0.2, 0.25) is 11.8 Å². The number of nitrogens with zero attached hydrogens (tertiary/aromatic N) is 1. The van der Waals surface area contributed by atoms with Crippen molar-refractivity contribution in [3.8, 4) is 0 Å². The predicted octanol–water partition coefficient (Wildman–Crippen LogP) is 3.13. The average molecular weight is 391 g/mol. The molecule has 0 unspecified atom stereocenters. The highest BCUT2D eigenvalue weighted by atomic mass is 16.4. The standard InChI is InChI=1S/C22H21N3O4/c1-13-7-9-15(10-8-13)25-12-14(11-18(25)26)21(27)24-20-19(23-2)16-5-3-4-6-17(16)29-22(20)28/h3-10,14,23H,11-12H2,1-2H3,(H,24,27)/t14-/m0/s1. The van der Waals surface area contributed by atoms with Gasteiger partial charge in [-0.05, 0) is 31.2 Å². The summed E-state index contributed by atoms with van der Waals surface area (Å²) in [6.07, 6.45) is 0.0908. The van der Waals surface area contributed by atoms with E-state index in [-0.39, 0.29) is 30.5 Å². The van der Waals surface area contributed by atoms with E-state index in [1.54, 1.807) is 30.1 Å². The monoisotopic (exact) mass is 391 g/mol. The quantitative estimate of drug-likeness (QED) is 0.667. The fourth-order valence-corrected chi connectivity index (χ4v) is 3.61. The van der Waals surface area contributed by atoms with E-state index < -0.39 is 11.5 Å². The van der Waals surface area contributed by atoms with Crippen molar-refractivity contribution in [3.05, 3.63) is 64.5 Å². The van der Waals surface area contributed by atoms with Crippen molar-refractivity contribution in [2.24, 2.45) is 5.92 Å². The smallest absolute Gasteiger partial charge is 0.362 e. The lowest BCUT2D eigenvalue weighted by Crippen LogP contribution is -2.29. The first-order valence-corrected chi connectivity index (χ1v) is 9.39. The maximum absolute atomic E-state index is 12.8. The Morgan fingerprint density at radius 2 is 1.79 bits per heavy atom. The summed E-state index contributed by atoms with van der Waals surface area (Å²) in [5.74, 6) is -1.06. The summed E-state index contributed by atoms with van der Waals surface area (Å²) < 4.78 is 5.33. The van der Waals surface area contributed by atoms with E-state index >= 15 is 0 Å². The Morgan fingerprint density at radius 3 is 2.52 bits per heavy atom. The van der Waals surface area contributed by atoms with Crippen LogP contribution in [0, 0.1) is 12.8 Å². The molecular weight excluding hydrogens is 370 g/mol. The van der Waals surface area contributed by atoms with Crippen molar-refractivity contribution in [1.29, 1.82) is 0 Å². The zero-order valence-corrected chi connectivity index (χ0v) is 16.2. The van der Waals surface area contributed by atoms with Crippen molar-refractivity contribution in [2.75, 3.05) is 29.1 Å². The minimum atomic E-state index is -0.638. The molecule has 1 atom stereocenters. The number of para-hydroxylation sites is 1. The molecule has 0 aliphatic carbocycles. The van der Waals surface area contributed by atoms with Crippen LogP contribution in [0.4, 0.5) is 17.1 Å². The van der Waals surface area contributed by atoms with Gasteiger partial charge in [0.15, 0.2) is 5.69 Å². The molecule has 2 N–H and O–H groups in total. The first-order chi connectivity index (χ1) is 14.0. The zero-order valence-electron chi connectivity index (χ0n) is 16.2. The molecule has 29 heavy (non-hydrogen) atoms. The van der Waals surface area contributed by atoms with Gasteiger partial charge in [-0.25, -0.2) is 4.79 Å². The summed E-state index contributed by atoms with van der Waals surface area (Å²) in [4.78, 5) is 39.3. The number of benzene rings is 2. The molecular formula is C22H21N3O4. The Labute approximate surface area is 167 Å². The highest BCUT2D eigenvalue weighted by Gasteiger charge is 2.35. The molecule has 4 rings (SSSR count). The van der Waals surface area contributed by atoms with Crippen LogP contribution in [-0.4, -0.2) is 25.4 Å². The van der Waals surface area contributed by atoms with Crippen LogP contribution >= 0.6 is 0 Å². The second kappa shape index (κ2) is 7.43. The fraction of sp³-hybridized carbons (Fsp3) is 0.227. The predicted molar refractivity (Wildman–Crippen MR) is 112 cm³/mol. The van der Waals surface area contributed by atoms with Crippen molar-refractivity contribution in [2.45, 2.75) is 13.3 Å². The molecule has 7 heteroatoms. The largest absolute Gasteiger partial charge is 0.421 e. The van der Waals surface area contributed by atoms with Gasteiger partial charge in [-0.3, -0.25) is 9.59 Å². The minimum Gasteiger partial charge on any atom is -0.421 e. The van der Waals surface area contributed by atoms with E-state index in [1.165, 1.54) is 0 Å². The van der Waals surface area contributed by atoms with Crippen LogP contribution in [0.25, 0.3) is 11.0 Å². The van der Waals surface area contributed by atoms with Gasteiger partial charge >= 0.3 is 5.63 Å². The molecule has 0 radical (unpaired) electrons. The van der Waals surface area contributed by atoms with E-state index in [1.807, 2.05) is 37.3 Å². The van der Waals surface area contributed by atoms with Crippen LogP contribution in [-0.2, 0) is 9.59 Å². The first-order valence-electron chi connectivity index (χ1n) is 9.39. The molecule has 1 aliphatic rings. The molecule has 2 amide bonds. The molecule has 1 aliphatic heterocycles. The second-order valence-corrected chi connectivity index (χ2v) is 7.12. The van der Waals surface area contributed by atoms with Crippen LogP contribution in [0.3, 0.4) is 0 Å². The van der Waals surface area contributed by atoms with Gasteiger partial charge in [-0.15, -0.1) is 0 Å². The number of hydrogen-bond acceptors (Lipinski definition) is 5. The van der Waals surface area contributed by atoms with Gasteiger partial charge in [0.25, 0.3) is 0 Å². The number of aryl methyl sites for hydroxylation is 1. The number of amides is 2.